The van der Waals surface area contributed by atoms with Gasteiger partial charge >= 0.3 is 6.09 Å². The van der Waals surface area contributed by atoms with E-state index in [1.165, 1.54) is 0 Å². The van der Waals surface area contributed by atoms with E-state index in [0.29, 0.717) is 6.61 Å². The van der Waals surface area contributed by atoms with Crippen molar-refractivity contribution in [1.82, 2.24) is 5.32 Å². The third-order valence-corrected chi connectivity index (χ3v) is 3.43. The van der Waals surface area contributed by atoms with Crippen molar-refractivity contribution in [3.05, 3.63) is 35.9 Å². The maximum absolute atomic E-state index is 12.0. The fourth-order valence-corrected chi connectivity index (χ4v) is 1.95. The number of amides is 1. The summed E-state index contributed by atoms with van der Waals surface area (Å²) >= 11 is 0. The molecule has 23 heavy (non-hydrogen) atoms. The van der Waals surface area contributed by atoms with E-state index in [1.54, 1.807) is 20.8 Å². The summed E-state index contributed by atoms with van der Waals surface area (Å²) in [6.45, 7) is 9.50. The van der Waals surface area contributed by atoms with Crippen LogP contribution >= 0.6 is 0 Å². The van der Waals surface area contributed by atoms with Crippen LogP contribution in [-0.4, -0.2) is 30.1 Å². The predicted molar refractivity (Wildman–Crippen MR) is 89.1 cm³/mol. The second kappa shape index (κ2) is 8.11. The van der Waals surface area contributed by atoms with Crippen LogP contribution in [0.15, 0.2) is 30.3 Å². The largest absolute Gasteiger partial charge is 0.444 e. The van der Waals surface area contributed by atoms with Crippen molar-refractivity contribution >= 4 is 12.4 Å². The number of carbonyl (C=O) groups excluding carboxylic acids is 2. The predicted octanol–water partition coefficient (Wildman–Crippen LogP) is 3.32. The molecule has 1 aromatic carbocycles. The lowest BCUT2D eigenvalue weighted by molar-refractivity contribution is -0.118. The Bertz CT molecular complexity index is 508. The molecule has 0 fully saturated rings. The van der Waals surface area contributed by atoms with Crippen LogP contribution in [0, 0.1) is 5.92 Å². The van der Waals surface area contributed by atoms with Gasteiger partial charge in [-0.2, -0.15) is 0 Å². The minimum atomic E-state index is -1.11. The monoisotopic (exact) mass is 321 g/mol. The molecule has 0 saturated heterocycles. The highest BCUT2D eigenvalue weighted by Crippen LogP contribution is 2.18. The maximum Gasteiger partial charge on any atom is 0.408 e. The molecule has 0 aliphatic heterocycles. The molecule has 0 bridgehead atoms. The zero-order valence-electron chi connectivity index (χ0n) is 14.6. The number of nitrogens with one attached hydrogen (secondary N) is 1. The maximum atomic E-state index is 12.0. The number of rotatable bonds is 7. The number of aldehydes is 1. The van der Waals surface area contributed by atoms with Crippen LogP contribution in [0.5, 0.6) is 0 Å². The van der Waals surface area contributed by atoms with Crippen LogP contribution in [-0.2, 0) is 20.9 Å². The van der Waals surface area contributed by atoms with Crippen LogP contribution in [0.4, 0.5) is 4.79 Å². The second-order valence-corrected chi connectivity index (χ2v) is 6.92. The molecule has 0 heterocycles. The molecule has 0 aliphatic carbocycles. The van der Waals surface area contributed by atoms with Gasteiger partial charge < -0.3 is 19.6 Å². The SMILES string of the molecule is CC(C)[C@](C=O)(COCc1ccccc1)NC(=O)OC(C)(C)C. The molecule has 0 radical (unpaired) electrons. The molecule has 1 atom stereocenters. The molecule has 1 N–H and O–H groups in total. The smallest absolute Gasteiger partial charge is 0.408 e. The van der Waals surface area contributed by atoms with E-state index < -0.39 is 17.2 Å². The van der Waals surface area contributed by atoms with E-state index in [-0.39, 0.29) is 12.5 Å². The summed E-state index contributed by atoms with van der Waals surface area (Å²) in [5, 5.41) is 2.67. The lowest BCUT2D eigenvalue weighted by atomic mass is 9.89. The Morgan fingerprint density at radius 2 is 1.83 bits per heavy atom. The van der Waals surface area contributed by atoms with Gasteiger partial charge in [-0.25, -0.2) is 4.79 Å². The van der Waals surface area contributed by atoms with Gasteiger partial charge in [-0.1, -0.05) is 44.2 Å². The van der Waals surface area contributed by atoms with Gasteiger partial charge in [0.05, 0.1) is 13.2 Å². The molecule has 0 spiro atoms. The van der Waals surface area contributed by atoms with Crippen molar-refractivity contribution in [3.8, 4) is 0 Å². The van der Waals surface area contributed by atoms with E-state index in [2.05, 4.69) is 5.32 Å². The molecule has 0 saturated carbocycles. The molecule has 1 amide bonds. The van der Waals surface area contributed by atoms with Crippen molar-refractivity contribution in [2.24, 2.45) is 5.92 Å². The van der Waals surface area contributed by atoms with Crippen LogP contribution < -0.4 is 5.32 Å². The molecule has 0 aromatic heterocycles. The first-order valence-corrected chi connectivity index (χ1v) is 7.78. The number of hydrogen-bond donors (Lipinski definition) is 1. The van der Waals surface area contributed by atoms with Crippen LogP contribution in [0.1, 0.15) is 40.2 Å². The van der Waals surface area contributed by atoms with E-state index in [9.17, 15) is 9.59 Å². The first-order chi connectivity index (χ1) is 10.7. The third-order valence-electron chi connectivity index (χ3n) is 3.43. The highest BCUT2D eigenvalue weighted by molar-refractivity contribution is 5.77. The van der Waals surface area contributed by atoms with Crippen molar-refractivity contribution in [2.75, 3.05) is 6.61 Å². The highest BCUT2D eigenvalue weighted by atomic mass is 16.6. The van der Waals surface area contributed by atoms with Gasteiger partial charge in [-0.15, -0.1) is 0 Å². The molecule has 5 heteroatoms. The summed E-state index contributed by atoms with van der Waals surface area (Å²) in [7, 11) is 0. The van der Waals surface area contributed by atoms with Crippen LogP contribution in [0.2, 0.25) is 0 Å². The Balaban J connectivity index is 2.70. The Labute approximate surface area is 138 Å². The van der Waals surface area contributed by atoms with E-state index in [1.807, 2.05) is 44.2 Å². The van der Waals surface area contributed by atoms with E-state index in [4.69, 9.17) is 9.47 Å². The minimum Gasteiger partial charge on any atom is -0.444 e. The second-order valence-electron chi connectivity index (χ2n) is 6.92. The summed E-state index contributed by atoms with van der Waals surface area (Å²) in [5.74, 6) is -0.136. The Morgan fingerprint density at radius 3 is 2.30 bits per heavy atom. The molecule has 1 aromatic rings. The van der Waals surface area contributed by atoms with Gasteiger partial charge in [0, 0.05) is 0 Å². The molecular formula is C18H27NO4. The van der Waals surface area contributed by atoms with Crippen molar-refractivity contribution < 1.29 is 19.1 Å². The molecule has 0 unspecified atom stereocenters. The molecule has 5 nitrogen and oxygen atoms in total. The normalized spacial score (nSPS) is 14.2. The van der Waals surface area contributed by atoms with Crippen LogP contribution in [0.25, 0.3) is 0 Å². The summed E-state index contributed by atoms with van der Waals surface area (Å²) in [4.78, 5) is 23.7. The fraction of sp³-hybridized carbons (Fsp3) is 0.556. The van der Waals surface area contributed by atoms with Gasteiger partial charge in [0.25, 0.3) is 0 Å². The van der Waals surface area contributed by atoms with Gasteiger partial charge in [-0.05, 0) is 32.3 Å². The number of alkyl carbamates (subject to hydrolysis) is 1. The summed E-state index contributed by atoms with van der Waals surface area (Å²) in [5.41, 5.74) is -0.731. The minimum absolute atomic E-state index is 0.0856. The van der Waals surface area contributed by atoms with E-state index >= 15 is 0 Å². The van der Waals surface area contributed by atoms with Crippen molar-refractivity contribution in [3.63, 3.8) is 0 Å². The average molecular weight is 321 g/mol. The zero-order chi connectivity index (χ0) is 17.5. The Hall–Kier alpha value is -1.88. The van der Waals surface area contributed by atoms with Crippen molar-refractivity contribution in [1.29, 1.82) is 0 Å². The van der Waals surface area contributed by atoms with Gasteiger partial charge in [-0.3, -0.25) is 0 Å². The number of ether oxygens (including phenoxy) is 2. The lowest BCUT2D eigenvalue weighted by Gasteiger charge is -2.33. The number of hydrogen-bond acceptors (Lipinski definition) is 4. The quantitative estimate of drug-likeness (QED) is 0.782. The van der Waals surface area contributed by atoms with Gasteiger partial charge in [0.1, 0.15) is 17.4 Å². The first kappa shape index (κ1) is 19.2. The average Bonchev–Trinajstić information content (AvgIpc) is 2.45. The molecule has 128 valence electrons. The zero-order valence-corrected chi connectivity index (χ0v) is 14.6. The fourth-order valence-electron chi connectivity index (χ4n) is 1.95. The molecule has 1 rings (SSSR count). The number of carbonyl (C=O) groups is 2. The number of benzene rings is 1. The van der Waals surface area contributed by atoms with Crippen molar-refractivity contribution in [2.45, 2.75) is 52.4 Å². The van der Waals surface area contributed by atoms with Crippen LogP contribution in [0.3, 0.4) is 0 Å². The third kappa shape index (κ3) is 6.40. The molecular weight excluding hydrogens is 294 g/mol. The summed E-state index contributed by atoms with van der Waals surface area (Å²) < 4.78 is 10.9. The van der Waals surface area contributed by atoms with Gasteiger partial charge in [0.15, 0.2) is 0 Å². The Morgan fingerprint density at radius 1 is 1.22 bits per heavy atom. The molecule has 0 aliphatic rings. The highest BCUT2D eigenvalue weighted by Gasteiger charge is 2.37. The van der Waals surface area contributed by atoms with Gasteiger partial charge in [0.2, 0.25) is 0 Å². The standard InChI is InChI=1S/C18H27NO4/c1-14(2)18(12-20,19-16(21)23-17(3,4)5)13-22-11-15-9-7-6-8-10-15/h6-10,12,14H,11,13H2,1-5H3,(H,19,21)/t18-/m0/s1. The summed E-state index contributed by atoms with van der Waals surface area (Å²) in [6, 6.07) is 9.66. The Kier molecular flexibility index (Phi) is 6.76. The summed E-state index contributed by atoms with van der Waals surface area (Å²) in [6.07, 6.45) is 0.105. The topological polar surface area (TPSA) is 64.6 Å². The first-order valence-electron chi connectivity index (χ1n) is 7.78. The lowest BCUT2D eigenvalue weighted by Crippen LogP contribution is -2.57. The van der Waals surface area contributed by atoms with E-state index in [0.717, 1.165) is 11.8 Å².